The summed E-state index contributed by atoms with van der Waals surface area (Å²) in [6, 6.07) is 16.6. The molecule has 0 aromatic heterocycles. The van der Waals surface area contributed by atoms with Gasteiger partial charge >= 0.3 is 5.97 Å². The van der Waals surface area contributed by atoms with E-state index in [0.29, 0.717) is 5.56 Å². The Morgan fingerprint density at radius 3 is 2.25 bits per heavy atom. The molecule has 36 heavy (non-hydrogen) atoms. The van der Waals surface area contributed by atoms with E-state index in [1.807, 2.05) is 12.1 Å². The number of rotatable bonds is 6. The number of aliphatic hydroxyl groups excluding tert-OH is 1. The molecule has 0 spiro atoms. The fourth-order valence-electron chi connectivity index (χ4n) is 5.13. The number of phenols is 1. The van der Waals surface area contributed by atoms with Crippen molar-refractivity contribution in [1.29, 1.82) is 0 Å². The van der Waals surface area contributed by atoms with Crippen molar-refractivity contribution >= 4 is 12.0 Å². The van der Waals surface area contributed by atoms with Crippen LogP contribution in [0.1, 0.15) is 79.3 Å². The molecule has 5 heteroatoms. The van der Waals surface area contributed by atoms with E-state index in [1.54, 1.807) is 25.3 Å². The molecule has 0 aliphatic heterocycles. The molecule has 4 rings (SSSR count). The highest BCUT2D eigenvalue weighted by molar-refractivity contribution is 5.91. The number of aliphatic hydroxyl groups is 1. The molecule has 0 amide bonds. The Morgan fingerprint density at radius 2 is 1.64 bits per heavy atom. The molecule has 0 radical (unpaired) electrons. The van der Waals surface area contributed by atoms with E-state index < -0.39 is 12.1 Å². The summed E-state index contributed by atoms with van der Waals surface area (Å²) in [5.41, 5.74) is 5.93. The minimum absolute atomic E-state index is 0.0111. The second-order valence-corrected chi connectivity index (χ2v) is 10.9. The van der Waals surface area contributed by atoms with Gasteiger partial charge in [0.1, 0.15) is 17.1 Å². The van der Waals surface area contributed by atoms with Crippen LogP contribution in [0.2, 0.25) is 0 Å². The first-order valence-electron chi connectivity index (χ1n) is 12.2. The highest BCUT2D eigenvalue weighted by Gasteiger charge is 2.39. The van der Waals surface area contributed by atoms with Crippen LogP contribution in [0.4, 0.5) is 0 Å². The molecule has 0 fully saturated rings. The van der Waals surface area contributed by atoms with E-state index >= 15 is 0 Å². The van der Waals surface area contributed by atoms with E-state index in [0.717, 1.165) is 35.3 Å². The number of aromatic hydroxyl groups is 1. The maximum Gasteiger partial charge on any atom is 0.339 e. The van der Waals surface area contributed by atoms with Crippen molar-refractivity contribution in [3.05, 3.63) is 88.5 Å². The first kappa shape index (κ1) is 25.5. The van der Waals surface area contributed by atoms with Crippen LogP contribution in [0, 0.1) is 0 Å². The lowest BCUT2D eigenvalue weighted by atomic mass is 9.61. The number of fused-ring (bicyclic) bond motifs is 1. The van der Waals surface area contributed by atoms with Gasteiger partial charge in [0, 0.05) is 0 Å². The van der Waals surface area contributed by atoms with Gasteiger partial charge in [0.25, 0.3) is 0 Å². The summed E-state index contributed by atoms with van der Waals surface area (Å²) < 4.78 is 5.36. The summed E-state index contributed by atoms with van der Waals surface area (Å²) in [6.45, 7) is 9.10. The van der Waals surface area contributed by atoms with Gasteiger partial charge in [-0.3, -0.25) is 0 Å². The third kappa shape index (κ3) is 4.89. The summed E-state index contributed by atoms with van der Waals surface area (Å²) >= 11 is 0. The second kappa shape index (κ2) is 9.47. The maximum absolute atomic E-state index is 11.2. The zero-order chi connectivity index (χ0) is 26.3. The van der Waals surface area contributed by atoms with Gasteiger partial charge in [-0.1, -0.05) is 64.1 Å². The van der Waals surface area contributed by atoms with Crippen LogP contribution in [0.3, 0.4) is 0 Å². The largest absolute Gasteiger partial charge is 0.507 e. The number of hydrogen-bond acceptors (Lipinski definition) is 4. The van der Waals surface area contributed by atoms with Crippen LogP contribution in [-0.2, 0) is 10.8 Å². The molecule has 3 aromatic carbocycles. The van der Waals surface area contributed by atoms with E-state index in [9.17, 15) is 15.0 Å². The maximum atomic E-state index is 11.2. The number of benzene rings is 3. The summed E-state index contributed by atoms with van der Waals surface area (Å²) in [6.07, 6.45) is 4.61. The van der Waals surface area contributed by atoms with Crippen molar-refractivity contribution in [3.63, 3.8) is 0 Å². The second-order valence-electron chi connectivity index (χ2n) is 10.9. The molecule has 0 saturated carbocycles. The lowest BCUT2D eigenvalue weighted by molar-refractivity contribution is 0.0693. The number of aromatic carboxylic acids is 1. The Bertz CT molecular complexity index is 1320. The Kier molecular flexibility index (Phi) is 6.72. The number of hydrogen-bond donors (Lipinski definition) is 3. The molecule has 3 aromatic rings. The number of methoxy groups -OCH3 is 1. The van der Waals surface area contributed by atoms with Gasteiger partial charge in [-0.25, -0.2) is 4.79 Å². The molecule has 1 atom stereocenters. The summed E-state index contributed by atoms with van der Waals surface area (Å²) in [4.78, 5) is 11.2. The third-order valence-electron chi connectivity index (χ3n) is 7.41. The van der Waals surface area contributed by atoms with Gasteiger partial charge < -0.3 is 20.1 Å². The molecular weight excluding hydrogens is 452 g/mol. The Morgan fingerprint density at radius 1 is 0.972 bits per heavy atom. The average Bonchev–Trinajstić information content (AvgIpc) is 2.84. The molecule has 0 heterocycles. The van der Waals surface area contributed by atoms with E-state index in [-0.39, 0.29) is 22.1 Å². The molecule has 0 bridgehead atoms. The van der Waals surface area contributed by atoms with Gasteiger partial charge in [0.15, 0.2) is 0 Å². The van der Waals surface area contributed by atoms with Crippen LogP contribution in [0.15, 0.2) is 60.7 Å². The topological polar surface area (TPSA) is 87.0 Å². The van der Waals surface area contributed by atoms with Crippen LogP contribution in [-0.4, -0.2) is 28.4 Å². The molecule has 5 nitrogen and oxygen atoms in total. The molecule has 188 valence electrons. The number of carboxylic acid groups (broad SMARTS) is 1. The quantitative estimate of drug-likeness (QED) is 0.354. The van der Waals surface area contributed by atoms with Crippen LogP contribution >= 0.6 is 0 Å². The van der Waals surface area contributed by atoms with Gasteiger partial charge in [-0.05, 0) is 87.4 Å². The zero-order valence-corrected chi connectivity index (χ0v) is 21.5. The van der Waals surface area contributed by atoms with Crippen LogP contribution < -0.4 is 4.74 Å². The van der Waals surface area contributed by atoms with Crippen molar-refractivity contribution in [1.82, 2.24) is 0 Å². The zero-order valence-electron chi connectivity index (χ0n) is 21.5. The third-order valence-corrected chi connectivity index (χ3v) is 7.41. The first-order valence-corrected chi connectivity index (χ1v) is 12.2. The minimum Gasteiger partial charge on any atom is -0.507 e. The Balaban J connectivity index is 1.80. The van der Waals surface area contributed by atoms with Crippen molar-refractivity contribution < 1.29 is 24.9 Å². The monoisotopic (exact) mass is 486 g/mol. The lowest BCUT2D eigenvalue weighted by Gasteiger charge is -2.43. The van der Waals surface area contributed by atoms with E-state index in [1.165, 1.54) is 23.3 Å². The molecular formula is C31H34O5. The fraction of sp³-hybridized carbons (Fsp3) is 0.323. The lowest BCUT2D eigenvalue weighted by Crippen LogP contribution is -2.34. The Labute approximate surface area is 212 Å². The average molecular weight is 487 g/mol. The SMILES string of the molecule is COc1ccc(-c2cc(C(O)/C=C/c3ccc(C(=O)O)c(O)c3)cc3c2C(C)(C)CCC3(C)C)cc1. The standard InChI is InChI=1S/C31H34O5/c1-30(2)14-15-31(3,4)28-24(20-8-10-22(36-5)11-9-20)17-21(18-25(28)30)26(32)13-7-19-6-12-23(29(34)35)27(33)16-19/h6-13,16-18,26,32-33H,14-15H2,1-5H3,(H,34,35)/b13-7+. The normalized spacial score (nSPS) is 16.9. The molecule has 1 aliphatic carbocycles. The van der Waals surface area contributed by atoms with Gasteiger partial charge in [0.05, 0.1) is 13.2 Å². The molecule has 1 aliphatic rings. The van der Waals surface area contributed by atoms with Crippen molar-refractivity contribution in [3.8, 4) is 22.6 Å². The van der Waals surface area contributed by atoms with Gasteiger partial charge in [-0.15, -0.1) is 0 Å². The van der Waals surface area contributed by atoms with Crippen molar-refractivity contribution in [2.24, 2.45) is 0 Å². The summed E-state index contributed by atoms with van der Waals surface area (Å²) in [7, 11) is 1.65. The molecule has 1 unspecified atom stereocenters. The van der Waals surface area contributed by atoms with E-state index in [2.05, 4.69) is 52.0 Å². The van der Waals surface area contributed by atoms with Gasteiger partial charge in [0.2, 0.25) is 0 Å². The molecule has 0 saturated heterocycles. The number of carbonyl (C=O) groups is 1. The van der Waals surface area contributed by atoms with Crippen molar-refractivity contribution in [2.45, 2.75) is 57.5 Å². The predicted octanol–water partition coefficient (Wildman–Crippen LogP) is 6.86. The first-order chi connectivity index (χ1) is 16.9. The highest BCUT2D eigenvalue weighted by atomic mass is 16.5. The predicted molar refractivity (Wildman–Crippen MR) is 143 cm³/mol. The molecule has 3 N–H and O–H groups in total. The number of ether oxygens (including phenoxy) is 1. The van der Waals surface area contributed by atoms with Crippen LogP contribution in [0.25, 0.3) is 17.2 Å². The highest BCUT2D eigenvalue weighted by Crippen LogP contribution is 2.50. The Hall–Kier alpha value is -3.57. The smallest absolute Gasteiger partial charge is 0.339 e. The van der Waals surface area contributed by atoms with Gasteiger partial charge in [-0.2, -0.15) is 0 Å². The minimum atomic E-state index is -1.19. The number of carboxylic acids is 1. The summed E-state index contributed by atoms with van der Waals surface area (Å²) in [5.74, 6) is -0.698. The van der Waals surface area contributed by atoms with Crippen LogP contribution in [0.5, 0.6) is 11.5 Å². The fourth-order valence-corrected chi connectivity index (χ4v) is 5.13. The van der Waals surface area contributed by atoms with E-state index in [4.69, 9.17) is 9.84 Å². The summed E-state index contributed by atoms with van der Waals surface area (Å²) in [5, 5.41) is 30.3. The van der Waals surface area contributed by atoms with Crippen molar-refractivity contribution in [2.75, 3.05) is 7.11 Å².